The molecule has 0 amide bonds. The zero-order chi connectivity index (χ0) is 16.9. The summed E-state index contributed by atoms with van der Waals surface area (Å²) in [5, 5.41) is 0. The van der Waals surface area contributed by atoms with Gasteiger partial charge in [0.15, 0.2) is 0 Å². The monoisotopic (exact) mass is 338 g/mol. The molecule has 24 heavy (non-hydrogen) atoms. The standard InChI is InChI=1S/C23H30S/c1-2-3-4-5-6-13-19-24-20-18-23(21-14-9-7-10-15-21)22-16-11-8-12-17-22/h7-12,14-18H,2-6,13,19-20H2,1H3. The summed E-state index contributed by atoms with van der Waals surface area (Å²) in [5.41, 5.74) is 3.97. The molecule has 0 bridgehead atoms. The first-order valence-corrected chi connectivity index (χ1v) is 10.5. The summed E-state index contributed by atoms with van der Waals surface area (Å²) in [6.07, 6.45) is 10.7. The van der Waals surface area contributed by atoms with E-state index in [0.29, 0.717) is 0 Å². The van der Waals surface area contributed by atoms with E-state index < -0.39 is 0 Å². The second kappa shape index (κ2) is 12.0. The minimum Gasteiger partial charge on any atom is -0.158 e. The van der Waals surface area contributed by atoms with Crippen molar-refractivity contribution in [1.29, 1.82) is 0 Å². The Morgan fingerprint density at radius 3 is 1.88 bits per heavy atom. The lowest BCUT2D eigenvalue weighted by Gasteiger charge is -2.09. The molecule has 0 N–H and O–H groups in total. The Labute approximate surface area is 152 Å². The zero-order valence-electron chi connectivity index (χ0n) is 14.9. The van der Waals surface area contributed by atoms with E-state index in [1.54, 1.807) is 0 Å². The summed E-state index contributed by atoms with van der Waals surface area (Å²) < 4.78 is 0. The van der Waals surface area contributed by atoms with Crippen LogP contribution in [0.4, 0.5) is 0 Å². The fraction of sp³-hybridized carbons (Fsp3) is 0.391. The molecule has 2 aromatic rings. The molecule has 0 aliphatic rings. The molecule has 0 nitrogen and oxygen atoms in total. The van der Waals surface area contributed by atoms with Crippen LogP contribution in [0, 0.1) is 0 Å². The Balaban J connectivity index is 1.84. The normalized spacial score (nSPS) is 10.5. The van der Waals surface area contributed by atoms with Crippen LogP contribution in [0.25, 0.3) is 5.57 Å². The molecule has 0 fully saturated rings. The van der Waals surface area contributed by atoms with Crippen LogP contribution in [0.1, 0.15) is 56.6 Å². The molecule has 0 saturated carbocycles. The van der Waals surface area contributed by atoms with E-state index in [1.807, 2.05) is 0 Å². The zero-order valence-corrected chi connectivity index (χ0v) is 15.7. The lowest BCUT2D eigenvalue weighted by Crippen LogP contribution is -1.90. The van der Waals surface area contributed by atoms with Crippen molar-refractivity contribution < 1.29 is 0 Å². The molecule has 2 rings (SSSR count). The van der Waals surface area contributed by atoms with Gasteiger partial charge in [-0.2, -0.15) is 11.8 Å². The maximum Gasteiger partial charge on any atom is 0.0122 e. The van der Waals surface area contributed by atoms with Gasteiger partial charge in [0, 0.05) is 5.75 Å². The third kappa shape index (κ3) is 6.97. The minimum atomic E-state index is 1.09. The molecule has 128 valence electrons. The Bertz CT molecular complexity index is 530. The SMILES string of the molecule is CCCCCCCCSCC=C(c1ccccc1)c1ccccc1. The van der Waals surface area contributed by atoms with E-state index in [0.717, 1.165) is 5.75 Å². The van der Waals surface area contributed by atoms with Crippen LogP contribution in [0.15, 0.2) is 66.7 Å². The van der Waals surface area contributed by atoms with Crippen LogP contribution in [0.3, 0.4) is 0 Å². The highest BCUT2D eigenvalue weighted by molar-refractivity contribution is 7.99. The van der Waals surface area contributed by atoms with Crippen molar-refractivity contribution in [2.45, 2.75) is 45.4 Å². The molecule has 0 atom stereocenters. The molecule has 2 aromatic carbocycles. The van der Waals surface area contributed by atoms with Crippen LogP contribution in [0.5, 0.6) is 0 Å². The third-order valence-electron chi connectivity index (χ3n) is 4.22. The first-order chi connectivity index (χ1) is 11.9. The molecule has 0 aliphatic heterocycles. The second-order valence-corrected chi connectivity index (χ2v) is 7.34. The summed E-state index contributed by atoms with van der Waals surface area (Å²) in [5.74, 6) is 2.37. The van der Waals surface area contributed by atoms with Gasteiger partial charge in [0.1, 0.15) is 0 Å². The van der Waals surface area contributed by atoms with Crippen molar-refractivity contribution >= 4 is 17.3 Å². The predicted molar refractivity (Wildman–Crippen MR) is 111 cm³/mol. The van der Waals surface area contributed by atoms with Crippen molar-refractivity contribution in [3.05, 3.63) is 77.9 Å². The fourth-order valence-corrected chi connectivity index (χ4v) is 3.71. The lowest BCUT2D eigenvalue weighted by molar-refractivity contribution is 0.627. The topological polar surface area (TPSA) is 0 Å². The highest BCUT2D eigenvalue weighted by Gasteiger charge is 2.03. The highest BCUT2D eigenvalue weighted by atomic mass is 32.2. The van der Waals surface area contributed by atoms with Gasteiger partial charge in [-0.25, -0.2) is 0 Å². The number of benzene rings is 2. The van der Waals surface area contributed by atoms with Crippen LogP contribution >= 0.6 is 11.8 Å². The average Bonchev–Trinajstić information content (AvgIpc) is 2.65. The Morgan fingerprint density at radius 2 is 1.29 bits per heavy atom. The molecular formula is C23H30S. The molecule has 0 aliphatic carbocycles. The van der Waals surface area contributed by atoms with Gasteiger partial charge in [-0.1, -0.05) is 106 Å². The average molecular weight is 339 g/mol. The van der Waals surface area contributed by atoms with Crippen molar-refractivity contribution in [3.8, 4) is 0 Å². The van der Waals surface area contributed by atoms with E-state index in [1.165, 1.54) is 61.0 Å². The van der Waals surface area contributed by atoms with Gasteiger partial charge >= 0.3 is 0 Å². The first-order valence-electron chi connectivity index (χ1n) is 9.30. The van der Waals surface area contributed by atoms with Gasteiger partial charge in [0.25, 0.3) is 0 Å². The molecule has 0 radical (unpaired) electrons. The molecular weight excluding hydrogens is 308 g/mol. The van der Waals surface area contributed by atoms with Crippen LogP contribution in [-0.4, -0.2) is 11.5 Å². The molecule has 0 aromatic heterocycles. The molecule has 0 saturated heterocycles. The Kier molecular flexibility index (Phi) is 9.41. The lowest BCUT2D eigenvalue weighted by atomic mass is 9.98. The van der Waals surface area contributed by atoms with Crippen molar-refractivity contribution in [3.63, 3.8) is 0 Å². The van der Waals surface area contributed by atoms with Crippen LogP contribution in [0.2, 0.25) is 0 Å². The van der Waals surface area contributed by atoms with Gasteiger partial charge in [-0.05, 0) is 28.9 Å². The summed E-state index contributed by atoms with van der Waals surface area (Å²) in [6, 6.07) is 21.5. The largest absolute Gasteiger partial charge is 0.158 e. The quantitative estimate of drug-likeness (QED) is 0.390. The maximum atomic E-state index is 2.40. The third-order valence-corrected chi connectivity index (χ3v) is 5.20. The number of unbranched alkanes of at least 4 members (excludes halogenated alkanes) is 5. The van der Waals surface area contributed by atoms with E-state index in [-0.39, 0.29) is 0 Å². The fourth-order valence-electron chi connectivity index (χ4n) is 2.85. The summed E-state index contributed by atoms with van der Waals surface area (Å²) in [4.78, 5) is 0. The number of thioether (sulfide) groups is 1. The number of rotatable bonds is 11. The van der Waals surface area contributed by atoms with Gasteiger partial charge in [-0.15, -0.1) is 0 Å². The first kappa shape index (κ1) is 18.9. The van der Waals surface area contributed by atoms with Crippen molar-refractivity contribution in [2.24, 2.45) is 0 Å². The minimum absolute atomic E-state index is 1.09. The number of hydrogen-bond acceptors (Lipinski definition) is 1. The van der Waals surface area contributed by atoms with Crippen LogP contribution in [-0.2, 0) is 0 Å². The molecule has 1 heteroatoms. The van der Waals surface area contributed by atoms with Crippen LogP contribution < -0.4 is 0 Å². The van der Waals surface area contributed by atoms with E-state index in [2.05, 4.69) is 85.4 Å². The van der Waals surface area contributed by atoms with E-state index >= 15 is 0 Å². The van der Waals surface area contributed by atoms with E-state index in [4.69, 9.17) is 0 Å². The molecule has 0 spiro atoms. The summed E-state index contributed by atoms with van der Waals surface area (Å²) in [6.45, 7) is 2.28. The summed E-state index contributed by atoms with van der Waals surface area (Å²) in [7, 11) is 0. The highest BCUT2D eigenvalue weighted by Crippen LogP contribution is 2.24. The second-order valence-electron chi connectivity index (χ2n) is 6.19. The van der Waals surface area contributed by atoms with Gasteiger partial charge in [0.05, 0.1) is 0 Å². The van der Waals surface area contributed by atoms with Gasteiger partial charge in [-0.3, -0.25) is 0 Å². The smallest absolute Gasteiger partial charge is 0.0122 e. The summed E-state index contributed by atoms with van der Waals surface area (Å²) >= 11 is 2.06. The van der Waals surface area contributed by atoms with Gasteiger partial charge < -0.3 is 0 Å². The van der Waals surface area contributed by atoms with Gasteiger partial charge in [0.2, 0.25) is 0 Å². The van der Waals surface area contributed by atoms with Crippen molar-refractivity contribution in [2.75, 3.05) is 11.5 Å². The number of hydrogen-bond donors (Lipinski definition) is 0. The Morgan fingerprint density at radius 1 is 0.750 bits per heavy atom. The molecule has 0 heterocycles. The Hall–Kier alpha value is -1.47. The maximum absolute atomic E-state index is 2.40. The predicted octanol–water partition coefficient (Wildman–Crippen LogP) is 7.21. The van der Waals surface area contributed by atoms with E-state index in [9.17, 15) is 0 Å². The van der Waals surface area contributed by atoms with Crippen molar-refractivity contribution in [1.82, 2.24) is 0 Å². The molecule has 0 unspecified atom stereocenters.